The van der Waals surface area contributed by atoms with Gasteiger partial charge in [0.1, 0.15) is 19.0 Å². The van der Waals surface area contributed by atoms with Crippen molar-refractivity contribution in [2.45, 2.75) is 11.8 Å². The van der Waals surface area contributed by atoms with Gasteiger partial charge in [-0.3, -0.25) is 4.72 Å². The molecule has 0 bridgehead atoms. The molecule has 0 spiro atoms. The molecule has 0 fully saturated rings. The minimum Gasteiger partial charge on any atom is -0.493 e. The van der Waals surface area contributed by atoms with Gasteiger partial charge in [0.25, 0.3) is 10.0 Å². The first-order valence-electron chi connectivity index (χ1n) is 10.0. The fourth-order valence-electron chi connectivity index (χ4n) is 3.02. The number of nitrogens with one attached hydrogen (secondary N) is 1. The fourth-order valence-corrected chi connectivity index (χ4v) is 4.11. The van der Waals surface area contributed by atoms with Gasteiger partial charge in [0.2, 0.25) is 0 Å². The summed E-state index contributed by atoms with van der Waals surface area (Å²) in [6.07, 6.45) is 0. The zero-order valence-electron chi connectivity index (χ0n) is 18.5. The Morgan fingerprint density at radius 1 is 0.848 bits per heavy atom. The van der Waals surface area contributed by atoms with Crippen molar-refractivity contribution in [1.29, 1.82) is 0 Å². The highest BCUT2D eigenvalue weighted by Gasteiger charge is 2.21. The Balaban J connectivity index is 1.69. The lowest BCUT2D eigenvalue weighted by atomic mass is 10.2. The minimum absolute atomic E-state index is 0.00390. The number of carbonyl (C=O) groups is 1. The normalized spacial score (nSPS) is 10.9. The molecule has 0 aliphatic carbocycles. The molecule has 0 amide bonds. The Morgan fingerprint density at radius 3 is 2.27 bits per heavy atom. The lowest BCUT2D eigenvalue weighted by Gasteiger charge is -2.14. The van der Waals surface area contributed by atoms with Crippen LogP contribution in [-0.2, 0) is 14.8 Å². The van der Waals surface area contributed by atoms with E-state index in [9.17, 15) is 13.2 Å². The van der Waals surface area contributed by atoms with Gasteiger partial charge in [-0.2, -0.15) is 0 Å². The van der Waals surface area contributed by atoms with Gasteiger partial charge in [-0.05, 0) is 42.8 Å². The number of methoxy groups -OCH3 is 2. The maximum absolute atomic E-state index is 12.9. The Labute approximate surface area is 193 Å². The standard InChI is InChI=1S/C24H25NO7S/c1-17-8-4-7-11-21(17)31-14-15-32-24(26)19-9-5-6-10-20(19)25-33(27,28)18-12-13-22(29-2)23(16-18)30-3/h4-13,16,25H,14-15H2,1-3H3. The molecule has 3 aromatic rings. The van der Waals surface area contributed by atoms with Crippen LogP contribution in [0.3, 0.4) is 0 Å². The first kappa shape index (κ1) is 23.9. The molecule has 0 heterocycles. The largest absolute Gasteiger partial charge is 0.493 e. The number of benzene rings is 3. The van der Waals surface area contributed by atoms with Crippen LogP contribution < -0.4 is 18.9 Å². The molecule has 0 unspecified atom stereocenters. The number of carbonyl (C=O) groups excluding carboxylic acids is 1. The van der Waals surface area contributed by atoms with E-state index in [1.54, 1.807) is 12.1 Å². The average Bonchev–Trinajstić information content (AvgIpc) is 2.82. The summed E-state index contributed by atoms with van der Waals surface area (Å²) in [5, 5.41) is 0. The number of para-hydroxylation sites is 2. The molecule has 0 aliphatic heterocycles. The Bertz CT molecular complexity index is 1220. The number of anilines is 1. The average molecular weight is 472 g/mol. The lowest BCUT2D eigenvalue weighted by Crippen LogP contribution is -2.18. The zero-order valence-corrected chi connectivity index (χ0v) is 19.3. The summed E-state index contributed by atoms with van der Waals surface area (Å²) in [4.78, 5) is 12.6. The van der Waals surface area contributed by atoms with Crippen LogP contribution in [0.2, 0.25) is 0 Å². The van der Waals surface area contributed by atoms with E-state index in [0.29, 0.717) is 11.5 Å². The van der Waals surface area contributed by atoms with Crippen LogP contribution in [0.5, 0.6) is 17.2 Å². The highest BCUT2D eigenvalue weighted by molar-refractivity contribution is 7.92. The summed E-state index contributed by atoms with van der Waals surface area (Å²) in [7, 11) is -1.14. The molecule has 8 nitrogen and oxygen atoms in total. The van der Waals surface area contributed by atoms with Crippen LogP contribution in [-0.4, -0.2) is 41.8 Å². The Kier molecular flexibility index (Phi) is 7.78. The van der Waals surface area contributed by atoms with Gasteiger partial charge in [-0.15, -0.1) is 0 Å². The molecule has 3 aromatic carbocycles. The third-order valence-corrected chi connectivity index (χ3v) is 6.09. The molecule has 0 atom stereocenters. The van der Waals surface area contributed by atoms with E-state index in [1.807, 2.05) is 31.2 Å². The lowest BCUT2D eigenvalue weighted by molar-refractivity contribution is 0.0451. The number of ether oxygens (including phenoxy) is 4. The molecule has 174 valence electrons. The van der Waals surface area contributed by atoms with E-state index in [1.165, 1.54) is 44.6 Å². The van der Waals surface area contributed by atoms with Crippen LogP contribution >= 0.6 is 0 Å². The van der Waals surface area contributed by atoms with Gasteiger partial charge in [-0.25, -0.2) is 13.2 Å². The van der Waals surface area contributed by atoms with Gasteiger partial charge >= 0.3 is 5.97 Å². The predicted molar refractivity (Wildman–Crippen MR) is 124 cm³/mol. The summed E-state index contributed by atoms with van der Waals surface area (Å²) in [5.41, 5.74) is 1.15. The predicted octanol–water partition coefficient (Wildman–Crippen LogP) is 4.05. The monoisotopic (exact) mass is 471 g/mol. The number of hydrogen-bond acceptors (Lipinski definition) is 7. The molecule has 0 saturated carbocycles. The molecule has 33 heavy (non-hydrogen) atoms. The maximum atomic E-state index is 12.9. The van der Waals surface area contributed by atoms with Crippen LogP contribution in [0.4, 0.5) is 5.69 Å². The SMILES string of the molecule is COc1ccc(S(=O)(=O)Nc2ccccc2C(=O)OCCOc2ccccc2C)cc1OC. The Hall–Kier alpha value is -3.72. The topological polar surface area (TPSA) is 100 Å². The second kappa shape index (κ2) is 10.7. The molecular formula is C24H25NO7S. The second-order valence-electron chi connectivity index (χ2n) is 6.92. The summed E-state index contributed by atoms with van der Waals surface area (Å²) in [5.74, 6) is 0.695. The maximum Gasteiger partial charge on any atom is 0.340 e. The van der Waals surface area contributed by atoms with E-state index in [0.717, 1.165) is 5.56 Å². The van der Waals surface area contributed by atoms with Crippen LogP contribution in [0, 0.1) is 6.92 Å². The second-order valence-corrected chi connectivity index (χ2v) is 8.60. The smallest absolute Gasteiger partial charge is 0.340 e. The van der Waals surface area contributed by atoms with Crippen LogP contribution in [0.25, 0.3) is 0 Å². The molecule has 0 saturated heterocycles. The third-order valence-electron chi connectivity index (χ3n) is 4.72. The Morgan fingerprint density at radius 2 is 1.55 bits per heavy atom. The number of sulfonamides is 1. The quantitative estimate of drug-likeness (QED) is 0.352. The van der Waals surface area contributed by atoms with Crippen molar-refractivity contribution in [3.05, 3.63) is 77.9 Å². The first-order valence-corrected chi connectivity index (χ1v) is 11.5. The van der Waals surface area contributed by atoms with Gasteiger partial charge < -0.3 is 18.9 Å². The van der Waals surface area contributed by atoms with E-state index in [-0.39, 0.29) is 35.1 Å². The van der Waals surface area contributed by atoms with Gasteiger partial charge in [0.05, 0.1) is 30.4 Å². The summed E-state index contributed by atoms with van der Waals surface area (Å²) < 4.78 is 49.5. The molecule has 3 rings (SSSR count). The van der Waals surface area contributed by atoms with Gasteiger partial charge in [0.15, 0.2) is 11.5 Å². The highest BCUT2D eigenvalue weighted by Crippen LogP contribution is 2.30. The van der Waals surface area contributed by atoms with E-state index in [2.05, 4.69) is 4.72 Å². The van der Waals surface area contributed by atoms with Crippen molar-refractivity contribution in [3.8, 4) is 17.2 Å². The number of rotatable bonds is 10. The van der Waals surface area contributed by atoms with Gasteiger partial charge in [-0.1, -0.05) is 30.3 Å². The third kappa shape index (κ3) is 5.95. The van der Waals surface area contributed by atoms with E-state index in [4.69, 9.17) is 18.9 Å². The van der Waals surface area contributed by atoms with E-state index >= 15 is 0 Å². The number of aryl methyl sites for hydroxylation is 1. The zero-order chi connectivity index (χ0) is 23.8. The number of esters is 1. The van der Waals surface area contributed by atoms with Crippen molar-refractivity contribution >= 4 is 21.7 Å². The summed E-state index contributed by atoms with van der Waals surface area (Å²) in [6.45, 7) is 2.09. The highest BCUT2D eigenvalue weighted by atomic mass is 32.2. The first-order chi connectivity index (χ1) is 15.9. The van der Waals surface area contributed by atoms with Gasteiger partial charge in [0, 0.05) is 6.07 Å². The van der Waals surface area contributed by atoms with E-state index < -0.39 is 16.0 Å². The molecule has 0 radical (unpaired) electrons. The molecule has 1 N–H and O–H groups in total. The molecule has 0 aromatic heterocycles. The van der Waals surface area contributed by atoms with Crippen molar-refractivity contribution in [2.75, 3.05) is 32.2 Å². The minimum atomic E-state index is -4.01. The van der Waals surface area contributed by atoms with Crippen molar-refractivity contribution in [3.63, 3.8) is 0 Å². The molecular weight excluding hydrogens is 446 g/mol. The van der Waals surface area contributed by atoms with Crippen LogP contribution in [0.15, 0.2) is 71.6 Å². The van der Waals surface area contributed by atoms with Crippen molar-refractivity contribution < 1.29 is 32.2 Å². The van der Waals surface area contributed by atoms with Crippen LogP contribution in [0.1, 0.15) is 15.9 Å². The summed E-state index contributed by atoms with van der Waals surface area (Å²) in [6, 6.07) is 17.9. The fraction of sp³-hybridized carbons (Fsp3) is 0.208. The molecule has 9 heteroatoms. The van der Waals surface area contributed by atoms with Crippen molar-refractivity contribution in [2.24, 2.45) is 0 Å². The van der Waals surface area contributed by atoms with Crippen molar-refractivity contribution in [1.82, 2.24) is 0 Å². The number of hydrogen-bond donors (Lipinski definition) is 1. The molecule has 0 aliphatic rings. The summed E-state index contributed by atoms with van der Waals surface area (Å²) >= 11 is 0.